The summed E-state index contributed by atoms with van der Waals surface area (Å²) in [6, 6.07) is 0. The first kappa shape index (κ1) is 95.9. The number of esters is 10. The fourth-order valence-corrected chi connectivity index (χ4v) is 32.9. The Morgan fingerprint density at radius 1 is 0.234 bits per heavy atom. The molecule has 10 saturated carbocycles. The lowest BCUT2D eigenvalue weighted by atomic mass is 9.62. The maximum absolute atomic E-state index is 13.3. The molecule has 12 bridgehead atoms. The molecule has 29 aliphatic rings. The Kier molecular flexibility index (Phi) is 23.5. The van der Waals surface area contributed by atoms with Crippen LogP contribution in [0.1, 0.15) is 233 Å². The van der Waals surface area contributed by atoms with Crippen molar-refractivity contribution in [1.82, 2.24) is 0 Å². The van der Waals surface area contributed by atoms with Gasteiger partial charge in [-0.3, -0.25) is 24.0 Å². The van der Waals surface area contributed by atoms with E-state index in [1.165, 1.54) is 19.3 Å². The van der Waals surface area contributed by atoms with E-state index < -0.39 is 224 Å². The summed E-state index contributed by atoms with van der Waals surface area (Å²) in [7, 11) is 0. The van der Waals surface area contributed by atoms with Crippen LogP contribution in [0.2, 0.25) is 0 Å². The van der Waals surface area contributed by atoms with Crippen LogP contribution in [0.3, 0.4) is 0 Å². The van der Waals surface area contributed by atoms with E-state index in [1.54, 1.807) is 41.5 Å². The predicted molar refractivity (Wildman–Crippen MR) is 469 cm³/mol. The molecule has 141 heavy (non-hydrogen) atoms. The van der Waals surface area contributed by atoms with Crippen LogP contribution in [0.4, 0.5) is 0 Å². The topological polar surface area (TPSA) is 420 Å². The molecule has 54 atom stereocenters. The molecule has 19 saturated heterocycles. The SMILES string of the molecule is CC1C(C)C2CC1C1C3CC(C(=O)OC4C(=O)OC5C6OC(C)(C)OC6OC45)C(C3)C21.CC1C2CC(C(=O)OC3C(=O)OC4C5OC(C)(C)OC5OC34)C(C2)C1C.CC1C2CC(C(=O)OC3C(=O)OC4C5OC(C)(C)OC5OC34)C(O2)C1C.CC1C2CC(C(=O)OC3C(=O)OC4C5OC6(CCCCC6)OC5OC34)C(C2)C1C.CC1C2CC(C(=O)OC3C(=O)OC4C5OC6(CCCCC6)OC5OC34)C(O2)C1C. The van der Waals surface area contributed by atoms with Crippen molar-refractivity contribution in [3.05, 3.63) is 0 Å². The van der Waals surface area contributed by atoms with Crippen LogP contribution in [0, 0.1) is 148 Å². The lowest BCUT2D eigenvalue weighted by molar-refractivity contribution is -0.246. The molecule has 37 nitrogen and oxygen atoms in total. The van der Waals surface area contributed by atoms with Crippen molar-refractivity contribution in [3.63, 3.8) is 0 Å². The number of rotatable bonds is 10. The molecule has 10 aliphatic carbocycles. The average Bonchev–Trinajstić information content (AvgIpc) is 1.52. The van der Waals surface area contributed by atoms with Gasteiger partial charge in [-0.05, 0) is 243 Å². The third kappa shape index (κ3) is 15.5. The number of carbonyl (C=O) groups excluding carboxylic acids is 10. The number of ether oxygens (including phenoxy) is 27. The van der Waals surface area contributed by atoms with Crippen molar-refractivity contribution in [2.45, 2.75) is 440 Å². The van der Waals surface area contributed by atoms with Gasteiger partial charge in [-0.1, -0.05) is 82.1 Å². The molecule has 0 radical (unpaired) electrons. The molecule has 19 heterocycles. The van der Waals surface area contributed by atoms with Gasteiger partial charge in [0, 0.05) is 25.7 Å². The van der Waals surface area contributed by atoms with Gasteiger partial charge in [0.1, 0.15) is 30.5 Å². The second-order valence-electron chi connectivity index (χ2n) is 49.1. The van der Waals surface area contributed by atoms with E-state index in [0.717, 1.165) is 119 Å². The van der Waals surface area contributed by atoms with Gasteiger partial charge in [0.05, 0.1) is 54.0 Å². The van der Waals surface area contributed by atoms with Crippen LogP contribution in [0.5, 0.6) is 0 Å². The summed E-state index contributed by atoms with van der Waals surface area (Å²) in [6.45, 7) is 33.0. The summed E-state index contributed by atoms with van der Waals surface area (Å²) >= 11 is 0. The molecule has 0 N–H and O–H groups in total. The van der Waals surface area contributed by atoms with Crippen LogP contribution in [0.15, 0.2) is 0 Å². The molecule has 0 aromatic heterocycles. The second kappa shape index (κ2) is 34.5. The quantitative estimate of drug-likeness (QED) is 0.112. The molecule has 19 aliphatic heterocycles. The van der Waals surface area contributed by atoms with Gasteiger partial charge in [-0.25, -0.2) is 24.0 Å². The van der Waals surface area contributed by atoms with Crippen molar-refractivity contribution < 1.29 is 176 Å². The maximum Gasteiger partial charge on any atom is 0.350 e. The molecule has 778 valence electrons. The summed E-state index contributed by atoms with van der Waals surface area (Å²) < 4.78 is 156. The van der Waals surface area contributed by atoms with Crippen molar-refractivity contribution in [3.8, 4) is 0 Å². The molecule has 37 heteroatoms. The van der Waals surface area contributed by atoms with Crippen LogP contribution in [-0.2, 0) is 176 Å². The molecule has 0 amide bonds. The Morgan fingerprint density at radius 2 is 0.511 bits per heavy atom. The smallest absolute Gasteiger partial charge is 0.350 e. The van der Waals surface area contributed by atoms with Crippen LogP contribution in [-0.4, -0.2) is 267 Å². The number of hydrogen-bond donors (Lipinski definition) is 0. The third-order valence-electron chi connectivity index (χ3n) is 40.7. The Hall–Kier alpha value is -5.98. The highest BCUT2D eigenvalue weighted by Crippen LogP contribution is 2.72. The van der Waals surface area contributed by atoms with Gasteiger partial charge < -0.3 is 128 Å². The molecule has 29 fully saturated rings. The third-order valence-corrected chi connectivity index (χ3v) is 40.7. The lowest BCUT2D eigenvalue weighted by Gasteiger charge is -2.43. The van der Waals surface area contributed by atoms with Gasteiger partial charge in [0.15, 0.2) is 121 Å². The minimum atomic E-state index is -1.08. The lowest BCUT2D eigenvalue weighted by Crippen LogP contribution is -2.43. The zero-order valence-electron chi connectivity index (χ0n) is 83.2. The minimum absolute atomic E-state index is 0.0851. The van der Waals surface area contributed by atoms with Crippen molar-refractivity contribution >= 4 is 59.7 Å². The maximum atomic E-state index is 13.3. The monoisotopic (exact) mass is 1980 g/mol. The normalized spacial score (nSPS) is 54.1. The number of hydrogen-bond acceptors (Lipinski definition) is 37. The minimum Gasteiger partial charge on any atom is -0.454 e. The zero-order valence-corrected chi connectivity index (χ0v) is 83.2. The van der Waals surface area contributed by atoms with Gasteiger partial charge in [0.2, 0.25) is 30.5 Å². The van der Waals surface area contributed by atoms with Crippen LogP contribution < -0.4 is 0 Å². The first-order valence-electron chi connectivity index (χ1n) is 53.6. The van der Waals surface area contributed by atoms with E-state index in [1.807, 2.05) is 0 Å². The molecule has 0 aromatic carbocycles. The Labute approximate surface area is 819 Å². The van der Waals surface area contributed by atoms with E-state index >= 15 is 0 Å². The summed E-state index contributed by atoms with van der Waals surface area (Å²) in [6.07, 6.45) is 1.57. The standard InChI is InChI=1S/C24H32O7.C22H30O7.C21H28O8.C19H26O7.C18H24O8/c1-8-9(2)12-7-11(8)15-10-5-13(16(12)15)14(6-10)21(25)28-19-17-18(27-22(19)26)20-23(29-17)31-24(3,4)30-20;1-10-11(2)13-8-12(10)9-14(13)19(23)26-17-15-16(25-20(17)24)18-21(27-15)29-22(28-18)6-4-3-5-7-22;1-9-10(2)13-11(8-12(9)24-13)18(22)26-16-14-15(25-19(16)23)17-20(27-14)29-21(28-17)6-4-3-5-7-21;1-7-8(2)10-5-9(7)6-11(10)16(20)23-14-12-13(22-17(14)21)15-18(24-12)26-19(3,4)25-15;1-6-7(2)10-8(5-9(6)21-10)15(19)23-13-11-12(22-16(13)20)14-17(24-11)26-18(3,4)25-14/h8-20,23H,5-7H2,1-4H3;10-18,21H,3-9H2,1-2H3;9-17,20H,3-8H2,1-2H3;7-15,18H,5-6H2,1-4H3;6-14,17H,5H2,1-4H3. The fraction of sp³-hybridized carbons (Fsp3) is 0.904. The molecular formula is C104H140O37. The highest BCUT2D eigenvalue weighted by atomic mass is 16.9. The first-order chi connectivity index (χ1) is 67.1. The number of fused-ring (bicyclic) bond motifs is 32. The van der Waals surface area contributed by atoms with Gasteiger partial charge >= 0.3 is 59.7 Å². The van der Waals surface area contributed by atoms with E-state index in [2.05, 4.69) is 69.2 Å². The van der Waals surface area contributed by atoms with Gasteiger partial charge in [0.25, 0.3) is 0 Å². The summed E-state index contributed by atoms with van der Waals surface area (Å²) in [5, 5.41) is 0. The molecule has 54 unspecified atom stereocenters. The first-order valence-corrected chi connectivity index (χ1v) is 53.6. The van der Waals surface area contributed by atoms with E-state index in [4.69, 9.17) is 128 Å². The second-order valence-corrected chi connectivity index (χ2v) is 49.1. The van der Waals surface area contributed by atoms with Crippen molar-refractivity contribution in [1.29, 1.82) is 0 Å². The fourth-order valence-electron chi connectivity index (χ4n) is 32.9. The Bertz CT molecular complexity index is 4710. The Balaban J connectivity index is 0.0000000930. The molecular weight excluding hydrogens is 1840 g/mol. The molecule has 0 aromatic rings. The zero-order chi connectivity index (χ0) is 98.0. The summed E-state index contributed by atoms with van der Waals surface area (Å²) in [4.78, 5) is 127. The van der Waals surface area contributed by atoms with E-state index in [-0.39, 0.29) is 71.9 Å². The molecule has 2 spiro atoms. The summed E-state index contributed by atoms with van der Waals surface area (Å²) in [5.41, 5.74) is 0. The molecule has 29 rings (SSSR count). The van der Waals surface area contributed by atoms with E-state index in [9.17, 15) is 47.9 Å². The van der Waals surface area contributed by atoms with Gasteiger partial charge in [-0.2, -0.15) is 0 Å². The number of carbonyl (C=O) groups is 10. The highest BCUT2D eigenvalue weighted by molar-refractivity contribution is 5.87. The summed E-state index contributed by atoms with van der Waals surface area (Å²) in [5.74, 6) is 2.43. The average molecular weight is 1980 g/mol. The Morgan fingerprint density at radius 3 is 0.816 bits per heavy atom. The largest absolute Gasteiger partial charge is 0.454 e. The van der Waals surface area contributed by atoms with E-state index in [0.29, 0.717) is 102 Å². The van der Waals surface area contributed by atoms with Crippen molar-refractivity contribution in [2.75, 3.05) is 0 Å². The van der Waals surface area contributed by atoms with Crippen molar-refractivity contribution in [2.24, 2.45) is 148 Å². The highest BCUT2D eigenvalue weighted by Gasteiger charge is 2.75. The van der Waals surface area contributed by atoms with Crippen LogP contribution >= 0.6 is 0 Å². The van der Waals surface area contributed by atoms with Gasteiger partial charge in [-0.15, -0.1) is 0 Å². The van der Waals surface area contributed by atoms with Crippen LogP contribution in [0.25, 0.3) is 0 Å². The predicted octanol–water partition coefficient (Wildman–Crippen LogP) is 9.13.